The van der Waals surface area contributed by atoms with Gasteiger partial charge in [0.15, 0.2) is 9.84 Å². The summed E-state index contributed by atoms with van der Waals surface area (Å²) < 4.78 is 22.7. The quantitative estimate of drug-likeness (QED) is 0.755. The number of hydrogen-bond donors (Lipinski definition) is 2. The number of hydrogen-bond acceptors (Lipinski definition) is 5. The van der Waals surface area contributed by atoms with E-state index in [9.17, 15) is 18.0 Å². The van der Waals surface area contributed by atoms with E-state index in [1.54, 1.807) is 6.26 Å². The number of carboxylic acids is 1. The third kappa shape index (κ3) is 2.45. The molecule has 2 N–H and O–H groups in total. The maximum Gasteiger partial charge on any atom is 0.341 e. The third-order valence-corrected chi connectivity index (χ3v) is 3.79. The zero-order valence-corrected chi connectivity index (χ0v) is 10.1. The molecule has 0 amide bonds. The molecule has 0 radical (unpaired) electrons. The number of pyridine rings is 1. The van der Waals surface area contributed by atoms with Crippen molar-refractivity contribution in [1.29, 1.82) is 0 Å². The van der Waals surface area contributed by atoms with Crippen molar-refractivity contribution in [3.05, 3.63) is 22.0 Å². The minimum absolute atomic E-state index is 0.137. The molecule has 0 atom stereocenters. The first kappa shape index (κ1) is 12.8. The Morgan fingerprint density at radius 2 is 2.06 bits per heavy atom. The Kier molecular flexibility index (Phi) is 3.44. The Balaban J connectivity index is 3.67. The van der Waals surface area contributed by atoms with Crippen molar-refractivity contribution in [3.63, 3.8) is 0 Å². The summed E-state index contributed by atoms with van der Waals surface area (Å²) in [5.41, 5.74) is -1.40. The Morgan fingerprint density at radius 3 is 2.44 bits per heavy atom. The predicted molar refractivity (Wildman–Crippen MR) is 58.9 cm³/mol. The summed E-state index contributed by atoms with van der Waals surface area (Å²) >= 11 is 1.03. The monoisotopic (exact) mass is 263 g/mol. The van der Waals surface area contributed by atoms with Gasteiger partial charge >= 0.3 is 5.97 Å². The maximum absolute atomic E-state index is 11.4. The Bertz CT molecular complexity index is 587. The second-order valence-electron chi connectivity index (χ2n) is 2.99. The van der Waals surface area contributed by atoms with Crippen molar-refractivity contribution >= 4 is 27.6 Å². The summed E-state index contributed by atoms with van der Waals surface area (Å²) in [6.45, 7) is 0. The lowest BCUT2D eigenvalue weighted by Gasteiger charge is -2.05. The zero-order valence-electron chi connectivity index (χ0n) is 8.47. The minimum Gasteiger partial charge on any atom is -0.477 e. The van der Waals surface area contributed by atoms with Gasteiger partial charge in [0.25, 0.3) is 5.56 Å². The highest BCUT2D eigenvalue weighted by atomic mass is 32.2. The van der Waals surface area contributed by atoms with Crippen molar-refractivity contribution in [3.8, 4) is 0 Å². The van der Waals surface area contributed by atoms with Crippen molar-refractivity contribution in [1.82, 2.24) is 4.98 Å². The molecule has 6 nitrogen and oxygen atoms in total. The van der Waals surface area contributed by atoms with Crippen LogP contribution in [0.5, 0.6) is 0 Å². The van der Waals surface area contributed by atoms with Gasteiger partial charge in [-0.25, -0.2) is 13.2 Å². The Labute approximate surface area is 95.6 Å². The van der Waals surface area contributed by atoms with Crippen LogP contribution in [0.4, 0.5) is 0 Å². The summed E-state index contributed by atoms with van der Waals surface area (Å²) in [6.07, 6.45) is 2.53. The smallest absolute Gasteiger partial charge is 0.341 e. The van der Waals surface area contributed by atoms with Gasteiger partial charge < -0.3 is 10.1 Å². The maximum atomic E-state index is 11.4. The molecule has 0 aliphatic carbocycles. The van der Waals surface area contributed by atoms with Crippen LogP contribution in [0.1, 0.15) is 10.4 Å². The van der Waals surface area contributed by atoms with Gasteiger partial charge in [0.2, 0.25) is 0 Å². The van der Waals surface area contributed by atoms with Crippen LogP contribution in [0.25, 0.3) is 0 Å². The molecule has 0 aliphatic heterocycles. The number of aromatic nitrogens is 1. The number of aromatic amines is 1. The molecule has 88 valence electrons. The first-order chi connectivity index (χ1) is 7.27. The molecule has 0 saturated heterocycles. The second kappa shape index (κ2) is 4.30. The van der Waals surface area contributed by atoms with Crippen LogP contribution < -0.4 is 5.56 Å². The highest BCUT2D eigenvalue weighted by Crippen LogP contribution is 2.21. The predicted octanol–water partition coefficient (Wildman–Crippen LogP) is 0.199. The largest absolute Gasteiger partial charge is 0.477 e. The SMILES string of the molecule is CSc1[nH]c(=O)c(C(=O)O)cc1S(C)(=O)=O. The number of nitrogens with one attached hydrogen (secondary N) is 1. The topological polar surface area (TPSA) is 104 Å². The van der Waals surface area contributed by atoms with E-state index in [0.717, 1.165) is 24.1 Å². The van der Waals surface area contributed by atoms with Gasteiger partial charge in [0, 0.05) is 6.26 Å². The molecule has 0 bridgehead atoms. The molecule has 8 heteroatoms. The van der Waals surface area contributed by atoms with Crippen LogP contribution in [-0.2, 0) is 9.84 Å². The fourth-order valence-electron chi connectivity index (χ4n) is 1.08. The molecule has 0 spiro atoms. The molecule has 0 aliphatic rings. The van der Waals surface area contributed by atoms with E-state index in [4.69, 9.17) is 5.11 Å². The minimum atomic E-state index is -3.57. The van der Waals surface area contributed by atoms with E-state index in [0.29, 0.717) is 0 Å². The molecular weight excluding hydrogens is 254 g/mol. The number of rotatable bonds is 3. The summed E-state index contributed by atoms with van der Waals surface area (Å²) in [5, 5.41) is 8.83. The Morgan fingerprint density at radius 1 is 1.50 bits per heavy atom. The van der Waals surface area contributed by atoms with Gasteiger partial charge in [-0.2, -0.15) is 0 Å². The van der Waals surface area contributed by atoms with Crippen molar-refractivity contribution < 1.29 is 18.3 Å². The molecule has 1 heterocycles. The molecule has 16 heavy (non-hydrogen) atoms. The molecule has 1 rings (SSSR count). The molecule has 0 saturated carbocycles. The normalized spacial score (nSPS) is 11.4. The lowest BCUT2D eigenvalue weighted by molar-refractivity contribution is 0.0694. The van der Waals surface area contributed by atoms with Gasteiger partial charge in [-0.3, -0.25) is 4.79 Å². The van der Waals surface area contributed by atoms with Gasteiger partial charge in [-0.05, 0) is 12.3 Å². The average molecular weight is 263 g/mol. The van der Waals surface area contributed by atoms with Crippen molar-refractivity contribution in [2.24, 2.45) is 0 Å². The number of H-pyrrole nitrogens is 1. The lowest BCUT2D eigenvalue weighted by Crippen LogP contribution is -2.20. The molecule has 0 fully saturated rings. The fourth-order valence-corrected chi connectivity index (χ4v) is 2.96. The number of sulfone groups is 1. The van der Waals surface area contributed by atoms with Gasteiger partial charge in [0.1, 0.15) is 5.56 Å². The third-order valence-electron chi connectivity index (χ3n) is 1.80. The van der Waals surface area contributed by atoms with E-state index in [-0.39, 0.29) is 9.92 Å². The van der Waals surface area contributed by atoms with Crippen molar-refractivity contribution in [2.75, 3.05) is 12.5 Å². The first-order valence-corrected chi connectivity index (χ1v) is 7.13. The van der Waals surface area contributed by atoms with Gasteiger partial charge in [-0.1, -0.05) is 0 Å². The number of carboxylic acid groups (broad SMARTS) is 1. The number of carbonyl (C=O) groups is 1. The van der Waals surface area contributed by atoms with Crippen LogP contribution in [0, 0.1) is 0 Å². The van der Waals surface area contributed by atoms with Gasteiger partial charge in [-0.15, -0.1) is 11.8 Å². The lowest BCUT2D eigenvalue weighted by atomic mass is 10.3. The van der Waals surface area contributed by atoms with Crippen molar-refractivity contribution in [2.45, 2.75) is 9.92 Å². The standard InChI is InChI=1S/C8H9NO5S2/c1-15-7-5(16(2,13)14)3-4(8(11)12)6(10)9-7/h3H,1-2H3,(H,9,10)(H,11,12). The van der Waals surface area contributed by atoms with E-state index in [1.807, 2.05) is 0 Å². The molecule has 0 unspecified atom stereocenters. The van der Waals surface area contributed by atoms with Crippen LogP contribution in [0.15, 0.2) is 20.8 Å². The summed E-state index contributed by atoms with van der Waals surface area (Å²) in [6, 6.07) is 0.877. The highest BCUT2D eigenvalue weighted by molar-refractivity contribution is 7.99. The molecule has 0 aromatic carbocycles. The van der Waals surface area contributed by atoms with E-state index >= 15 is 0 Å². The molecular formula is C8H9NO5S2. The summed E-state index contributed by atoms with van der Waals surface area (Å²) in [7, 11) is -3.57. The van der Waals surface area contributed by atoms with Crippen LogP contribution >= 0.6 is 11.8 Å². The summed E-state index contributed by atoms with van der Waals surface area (Å²) in [5.74, 6) is -1.46. The van der Waals surface area contributed by atoms with Crippen LogP contribution in [0.3, 0.4) is 0 Å². The molecule has 1 aromatic heterocycles. The fraction of sp³-hybridized carbons (Fsp3) is 0.250. The van der Waals surface area contributed by atoms with E-state index in [1.165, 1.54) is 0 Å². The number of thioether (sulfide) groups is 1. The van der Waals surface area contributed by atoms with E-state index in [2.05, 4.69) is 4.98 Å². The molecule has 1 aromatic rings. The number of aromatic carboxylic acids is 1. The highest BCUT2D eigenvalue weighted by Gasteiger charge is 2.19. The first-order valence-electron chi connectivity index (χ1n) is 4.02. The van der Waals surface area contributed by atoms with Crippen LogP contribution in [0.2, 0.25) is 0 Å². The zero-order chi connectivity index (χ0) is 12.5. The van der Waals surface area contributed by atoms with Gasteiger partial charge in [0.05, 0.1) is 9.92 Å². The second-order valence-corrected chi connectivity index (χ2v) is 5.79. The van der Waals surface area contributed by atoms with Crippen LogP contribution in [-0.4, -0.2) is 37.0 Å². The summed E-state index contributed by atoms with van der Waals surface area (Å²) in [4.78, 5) is 24.0. The Hall–Kier alpha value is -1.28. The van der Waals surface area contributed by atoms with E-state index < -0.39 is 26.9 Å². The average Bonchev–Trinajstić information content (AvgIpc) is 2.14.